The summed E-state index contributed by atoms with van der Waals surface area (Å²) in [7, 11) is 0. The predicted molar refractivity (Wildman–Crippen MR) is 284 cm³/mol. The largest absolute Gasteiger partial charge is 0.458 e. The Morgan fingerprint density at radius 3 is 1.28 bits per heavy atom. The molecule has 0 atom stereocenters. The van der Waals surface area contributed by atoms with Crippen LogP contribution >= 0.6 is 23.5 Å². The quantitative estimate of drug-likeness (QED) is 0.128. The Labute approximate surface area is 404 Å². The van der Waals surface area contributed by atoms with Gasteiger partial charge in [-0.05, 0) is 141 Å². The fraction of sp³-hybridized carbons (Fsp3) is 0.0526. The number of aryl methyl sites for hydroxylation is 1. The molecular formula is C57H37B3N2O4S2. The van der Waals surface area contributed by atoms with Gasteiger partial charge in [-0.25, -0.2) is 0 Å². The SMILES string of the molecule is CSc1cc2c3c(c1)Oc1cc4c(cc1B3c1ccccc1O2)B1c2cc3c(cc2Oc2cc(C)cc(c21)N4c1ccccc1)N(c1ccccc1)c1cc(SC)cc2c1B3c1ccccc1O2. The van der Waals surface area contributed by atoms with Crippen LogP contribution in [-0.4, -0.2) is 32.6 Å². The first-order chi connectivity index (χ1) is 33.5. The summed E-state index contributed by atoms with van der Waals surface area (Å²) in [5.41, 5.74) is 18.0. The molecule has 0 radical (unpaired) electrons. The molecule has 68 heavy (non-hydrogen) atoms. The maximum Gasteiger partial charge on any atom is 0.260 e. The summed E-state index contributed by atoms with van der Waals surface area (Å²) in [5.74, 6) is 6.92. The van der Waals surface area contributed by atoms with Crippen LogP contribution in [0.3, 0.4) is 0 Å². The van der Waals surface area contributed by atoms with E-state index in [1.54, 1.807) is 23.5 Å². The minimum Gasteiger partial charge on any atom is -0.458 e. The molecule has 6 heterocycles. The van der Waals surface area contributed by atoms with Crippen LogP contribution in [0.1, 0.15) is 5.56 Å². The lowest BCUT2D eigenvalue weighted by molar-refractivity contribution is 0.462. The van der Waals surface area contributed by atoms with Crippen LogP contribution < -0.4 is 77.9 Å². The molecule has 11 heteroatoms. The molecule has 6 aliphatic rings. The molecule has 0 spiro atoms. The molecule has 320 valence electrons. The van der Waals surface area contributed by atoms with Gasteiger partial charge in [0.1, 0.15) is 46.0 Å². The van der Waals surface area contributed by atoms with Crippen LogP contribution in [0.4, 0.5) is 34.1 Å². The van der Waals surface area contributed by atoms with Gasteiger partial charge < -0.3 is 28.7 Å². The van der Waals surface area contributed by atoms with Crippen molar-refractivity contribution in [1.82, 2.24) is 0 Å². The third-order valence-electron chi connectivity index (χ3n) is 14.7. The van der Waals surface area contributed by atoms with Crippen LogP contribution in [0.25, 0.3) is 0 Å². The molecule has 0 saturated carbocycles. The Kier molecular flexibility index (Phi) is 8.17. The van der Waals surface area contributed by atoms with Crippen molar-refractivity contribution < 1.29 is 18.9 Å². The van der Waals surface area contributed by atoms with Crippen molar-refractivity contribution in [2.24, 2.45) is 0 Å². The molecule has 0 N–H and O–H groups in total. The first kappa shape index (κ1) is 38.7. The summed E-state index contributed by atoms with van der Waals surface area (Å²) in [6, 6.07) is 61.5. The zero-order valence-corrected chi connectivity index (χ0v) is 38.9. The molecule has 0 aliphatic carbocycles. The van der Waals surface area contributed by atoms with Crippen LogP contribution in [-0.2, 0) is 0 Å². The van der Waals surface area contributed by atoms with Crippen molar-refractivity contribution in [3.63, 3.8) is 0 Å². The molecule has 9 aromatic carbocycles. The van der Waals surface area contributed by atoms with Gasteiger partial charge in [-0.3, -0.25) is 0 Å². The van der Waals surface area contributed by atoms with E-state index in [-0.39, 0.29) is 20.1 Å². The Morgan fingerprint density at radius 1 is 0.338 bits per heavy atom. The highest BCUT2D eigenvalue weighted by Crippen LogP contribution is 2.47. The number of ether oxygens (including phenoxy) is 4. The third kappa shape index (κ3) is 5.37. The van der Waals surface area contributed by atoms with Gasteiger partial charge in [-0.1, -0.05) is 84.9 Å². The molecule has 0 unspecified atom stereocenters. The van der Waals surface area contributed by atoms with Crippen molar-refractivity contribution >= 4 is 127 Å². The first-order valence-electron chi connectivity index (χ1n) is 23.0. The number of rotatable bonds is 4. The van der Waals surface area contributed by atoms with Gasteiger partial charge in [0.15, 0.2) is 0 Å². The first-order valence-corrected chi connectivity index (χ1v) is 25.5. The van der Waals surface area contributed by atoms with Gasteiger partial charge in [0, 0.05) is 61.5 Å². The maximum atomic E-state index is 7.33. The molecule has 6 nitrogen and oxygen atoms in total. The Hall–Kier alpha value is -7.33. The molecule has 9 aromatic rings. The zero-order chi connectivity index (χ0) is 44.9. The van der Waals surface area contributed by atoms with Gasteiger partial charge in [-0.15, -0.1) is 23.5 Å². The maximum absolute atomic E-state index is 7.33. The zero-order valence-electron chi connectivity index (χ0n) is 37.2. The molecule has 0 bridgehead atoms. The predicted octanol–water partition coefficient (Wildman–Crippen LogP) is 8.98. The average Bonchev–Trinajstić information content (AvgIpc) is 3.37. The number of anilines is 6. The lowest BCUT2D eigenvalue weighted by atomic mass is 9.30. The summed E-state index contributed by atoms with van der Waals surface area (Å²) in [5, 5.41) is 0. The Morgan fingerprint density at radius 2 is 0.750 bits per heavy atom. The fourth-order valence-corrected chi connectivity index (χ4v) is 12.8. The minimum absolute atomic E-state index is 0.0827. The van der Waals surface area contributed by atoms with Gasteiger partial charge >= 0.3 is 0 Å². The van der Waals surface area contributed by atoms with Crippen molar-refractivity contribution in [3.05, 3.63) is 175 Å². The molecule has 0 fully saturated rings. The lowest BCUT2D eigenvalue weighted by Crippen LogP contribution is -2.64. The van der Waals surface area contributed by atoms with E-state index < -0.39 is 0 Å². The topological polar surface area (TPSA) is 43.4 Å². The number of thioether (sulfide) groups is 2. The van der Waals surface area contributed by atoms with Gasteiger partial charge in [0.25, 0.3) is 20.1 Å². The number of hydrogen-bond donors (Lipinski definition) is 0. The third-order valence-corrected chi connectivity index (χ3v) is 16.1. The van der Waals surface area contributed by atoms with E-state index in [2.05, 4.69) is 199 Å². The minimum atomic E-state index is -0.176. The standard InChI is InChI=1S/C57H37B3N2O4S2/c1-32-22-45-55-51(23-32)65-50-30-43-39(58-37-18-10-12-20-47(37)63-52-25-35(67-2)24-46(56(52)58)62(43)34-16-8-5-9-17-34)28-42(50)60(55)40-29-41-49(31-44(40)61(45)33-14-6-4-7-15-33)66-54-27-36(68-3)26-53-57(54)59(41)38-19-11-13-21-48(38)64-53/h4-31H,1-3H3. The number of benzene rings is 9. The molecule has 0 saturated heterocycles. The summed E-state index contributed by atoms with van der Waals surface area (Å²) >= 11 is 3.43. The number of nitrogens with zero attached hydrogens (tertiary/aromatic N) is 2. The van der Waals surface area contributed by atoms with Gasteiger partial charge in [0.2, 0.25) is 0 Å². The van der Waals surface area contributed by atoms with Crippen LogP contribution in [0.15, 0.2) is 180 Å². The fourth-order valence-electron chi connectivity index (χ4n) is 11.9. The van der Waals surface area contributed by atoms with Crippen molar-refractivity contribution in [3.8, 4) is 46.0 Å². The number of hydrogen-bond acceptors (Lipinski definition) is 8. The van der Waals surface area contributed by atoms with Crippen LogP contribution in [0, 0.1) is 6.92 Å². The summed E-state index contributed by atoms with van der Waals surface area (Å²) in [6.07, 6.45) is 4.23. The number of fused-ring (bicyclic) bond motifs is 12. The van der Waals surface area contributed by atoms with Crippen molar-refractivity contribution in [1.29, 1.82) is 0 Å². The molecule has 15 rings (SSSR count). The highest BCUT2D eigenvalue weighted by atomic mass is 32.2. The van der Waals surface area contributed by atoms with Crippen molar-refractivity contribution in [2.75, 3.05) is 22.3 Å². The Balaban J connectivity index is 1.02. The van der Waals surface area contributed by atoms with Gasteiger partial charge in [0.05, 0.1) is 0 Å². The number of para-hydroxylation sites is 4. The van der Waals surface area contributed by atoms with E-state index in [4.69, 9.17) is 18.9 Å². The second-order valence-corrected chi connectivity index (χ2v) is 20.1. The van der Waals surface area contributed by atoms with Crippen molar-refractivity contribution in [2.45, 2.75) is 16.7 Å². The molecule has 0 amide bonds. The highest BCUT2D eigenvalue weighted by Gasteiger charge is 2.49. The summed E-state index contributed by atoms with van der Waals surface area (Å²) < 4.78 is 28.0. The normalized spacial score (nSPS) is 14.2. The smallest absolute Gasteiger partial charge is 0.260 e. The average molecular weight is 911 g/mol. The highest BCUT2D eigenvalue weighted by molar-refractivity contribution is 7.98. The van der Waals surface area contributed by atoms with E-state index in [1.165, 1.54) is 16.4 Å². The molecule has 0 aromatic heterocycles. The molecule has 6 aliphatic heterocycles. The van der Waals surface area contributed by atoms with Crippen LogP contribution in [0.5, 0.6) is 46.0 Å². The summed E-state index contributed by atoms with van der Waals surface area (Å²) in [4.78, 5) is 7.08. The van der Waals surface area contributed by atoms with E-state index in [9.17, 15) is 0 Å². The second kappa shape index (κ2) is 14.3. The van der Waals surface area contributed by atoms with E-state index in [0.29, 0.717) is 0 Å². The van der Waals surface area contributed by atoms with E-state index in [1.807, 2.05) is 0 Å². The van der Waals surface area contributed by atoms with E-state index in [0.717, 1.165) is 128 Å². The lowest BCUT2D eigenvalue weighted by Gasteiger charge is -2.43. The van der Waals surface area contributed by atoms with E-state index >= 15 is 0 Å². The molecular weight excluding hydrogens is 873 g/mol. The Bertz CT molecular complexity index is 3690. The van der Waals surface area contributed by atoms with Gasteiger partial charge in [-0.2, -0.15) is 0 Å². The second-order valence-electron chi connectivity index (χ2n) is 18.3. The monoisotopic (exact) mass is 910 g/mol. The van der Waals surface area contributed by atoms with Crippen LogP contribution in [0.2, 0.25) is 0 Å². The summed E-state index contributed by atoms with van der Waals surface area (Å²) in [6.45, 7) is 1.82.